The molecule has 0 aliphatic carbocycles. The van der Waals surface area contributed by atoms with Gasteiger partial charge in [-0.25, -0.2) is 0 Å². The Labute approximate surface area is 249 Å². The van der Waals surface area contributed by atoms with E-state index in [1.807, 2.05) is 56.3 Å². The molecule has 0 saturated carbocycles. The summed E-state index contributed by atoms with van der Waals surface area (Å²) in [6, 6.07) is 12.0. The van der Waals surface area contributed by atoms with E-state index in [-0.39, 0.29) is 42.3 Å². The number of amides is 2. The highest BCUT2D eigenvalue weighted by atomic mass is 79.9. The number of benzene rings is 2. The molecule has 3 saturated heterocycles. The predicted octanol–water partition coefficient (Wildman–Crippen LogP) is 4.24. The van der Waals surface area contributed by atoms with Gasteiger partial charge < -0.3 is 24.4 Å². The van der Waals surface area contributed by atoms with Crippen molar-refractivity contribution < 1.29 is 29.0 Å². The molecule has 2 aromatic rings. The second-order valence-electron chi connectivity index (χ2n) is 11.2. The minimum absolute atomic E-state index is 0.0101. The van der Waals surface area contributed by atoms with Crippen molar-refractivity contribution >= 4 is 50.2 Å². The predicted molar refractivity (Wildman–Crippen MR) is 161 cm³/mol. The molecule has 1 N–H and O–H groups in total. The van der Waals surface area contributed by atoms with Gasteiger partial charge >= 0.3 is 5.97 Å². The first-order chi connectivity index (χ1) is 19.7. The van der Waals surface area contributed by atoms with Gasteiger partial charge in [0.2, 0.25) is 5.91 Å². The third-order valence-corrected chi connectivity index (χ3v) is 9.89. The Bertz CT molecular complexity index is 1360. The summed E-state index contributed by atoms with van der Waals surface area (Å²) in [6.07, 6.45) is 3.55. The molecule has 0 radical (unpaired) electrons. The van der Waals surface area contributed by atoms with Crippen LogP contribution in [0.2, 0.25) is 0 Å². The summed E-state index contributed by atoms with van der Waals surface area (Å²) in [7, 11) is 0. The number of carbonyl (C=O) groups excluding carboxylic acids is 3. The molecular formula is C32H37BrN2O6. The number of halogens is 1. The number of aliphatic hydroxyl groups excluding tert-OH is 1. The molecule has 0 aromatic heterocycles. The summed E-state index contributed by atoms with van der Waals surface area (Å²) in [5.41, 5.74) is -0.600. The number of fused-ring (bicyclic) bond motifs is 2. The highest BCUT2D eigenvalue weighted by molar-refractivity contribution is 9.09. The van der Waals surface area contributed by atoms with E-state index in [1.165, 1.54) is 11.0 Å². The van der Waals surface area contributed by atoms with Crippen LogP contribution >= 0.6 is 15.9 Å². The monoisotopic (exact) mass is 624 g/mol. The molecule has 3 aliphatic rings. The van der Waals surface area contributed by atoms with Crippen LogP contribution in [-0.2, 0) is 23.9 Å². The molecule has 8 atom stereocenters. The fourth-order valence-electron chi connectivity index (χ4n) is 6.97. The summed E-state index contributed by atoms with van der Waals surface area (Å²) in [6.45, 7) is 11.3. The maximum Gasteiger partial charge on any atom is 0.312 e. The zero-order valence-corrected chi connectivity index (χ0v) is 25.0. The molecule has 1 spiro atoms. The van der Waals surface area contributed by atoms with E-state index >= 15 is 0 Å². The average molecular weight is 626 g/mol. The van der Waals surface area contributed by atoms with Gasteiger partial charge in [0.25, 0.3) is 5.91 Å². The normalized spacial score (nSPS) is 29.7. The summed E-state index contributed by atoms with van der Waals surface area (Å²) in [4.78, 5) is 45.4. The fraction of sp³-hybridized carbons (Fsp3) is 0.469. The number of hydrogen-bond acceptors (Lipinski definition) is 6. The Hall–Kier alpha value is -3.01. The van der Waals surface area contributed by atoms with Crippen molar-refractivity contribution in [2.75, 3.05) is 24.7 Å². The van der Waals surface area contributed by atoms with Crippen LogP contribution in [0.5, 0.6) is 0 Å². The van der Waals surface area contributed by atoms with Crippen LogP contribution in [0.15, 0.2) is 67.8 Å². The van der Waals surface area contributed by atoms with Crippen LogP contribution in [0.25, 0.3) is 10.8 Å². The zero-order chi connectivity index (χ0) is 29.5. The maximum atomic E-state index is 14.8. The molecule has 5 rings (SSSR count). The fourth-order valence-corrected chi connectivity index (χ4v) is 7.91. The largest absolute Gasteiger partial charge is 0.461 e. The number of hydrogen-bond donors (Lipinski definition) is 1. The van der Waals surface area contributed by atoms with Gasteiger partial charge in [-0.1, -0.05) is 85.3 Å². The van der Waals surface area contributed by atoms with E-state index in [0.717, 1.165) is 10.8 Å². The van der Waals surface area contributed by atoms with Crippen LogP contribution in [0.3, 0.4) is 0 Å². The Morgan fingerprint density at radius 2 is 1.98 bits per heavy atom. The lowest BCUT2D eigenvalue weighted by molar-refractivity contribution is -0.155. The van der Waals surface area contributed by atoms with Gasteiger partial charge in [-0.3, -0.25) is 14.4 Å². The minimum atomic E-state index is -1.26. The second-order valence-corrected chi connectivity index (χ2v) is 12.4. The molecule has 8 nitrogen and oxygen atoms in total. The van der Waals surface area contributed by atoms with E-state index in [9.17, 15) is 19.5 Å². The highest BCUT2D eigenvalue weighted by Crippen LogP contribution is 2.61. The summed E-state index contributed by atoms with van der Waals surface area (Å²) in [5.74, 6) is -3.14. The number of carbonyl (C=O) groups is 3. The number of esters is 1. The van der Waals surface area contributed by atoms with Crippen LogP contribution in [-0.4, -0.2) is 76.2 Å². The number of aliphatic hydroxyl groups is 1. The molecule has 218 valence electrons. The molecule has 2 aromatic carbocycles. The lowest BCUT2D eigenvalue weighted by Gasteiger charge is -2.41. The lowest BCUT2D eigenvalue weighted by atomic mass is 9.70. The van der Waals surface area contributed by atoms with Crippen molar-refractivity contribution in [1.29, 1.82) is 0 Å². The third kappa shape index (κ3) is 4.72. The zero-order valence-electron chi connectivity index (χ0n) is 23.4. The van der Waals surface area contributed by atoms with Crippen molar-refractivity contribution in [3.05, 3.63) is 67.8 Å². The lowest BCUT2D eigenvalue weighted by Crippen LogP contribution is -2.60. The van der Waals surface area contributed by atoms with Crippen LogP contribution in [0.1, 0.15) is 26.7 Å². The molecule has 41 heavy (non-hydrogen) atoms. The van der Waals surface area contributed by atoms with Gasteiger partial charge in [-0.2, -0.15) is 0 Å². The Kier molecular flexibility index (Phi) is 8.41. The van der Waals surface area contributed by atoms with Gasteiger partial charge in [0, 0.05) is 17.1 Å². The van der Waals surface area contributed by atoms with Gasteiger partial charge in [0.15, 0.2) is 0 Å². The van der Waals surface area contributed by atoms with Crippen LogP contribution < -0.4 is 4.90 Å². The summed E-state index contributed by atoms with van der Waals surface area (Å²) in [5, 5.41) is 12.6. The first kappa shape index (κ1) is 29.5. The Morgan fingerprint density at radius 3 is 2.63 bits per heavy atom. The van der Waals surface area contributed by atoms with Gasteiger partial charge in [0.05, 0.1) is 30.6 Å². The van der Waals surface area contributed by atoms with Crippen molar-refractivity contribution in [2.45, 2.75) is 55.3 Å². The molecule has 3 fully saturated rings. The van der Waals surface area contributed by atoms with Crippen molar-refractivity contribution in [2.24, 2.45) is 17.8 Å². The Balaban J connectivity index is 1.63. The minimum Gasteiger partial charge on any atom is -0.461 e. The van der Waals surface area contributed by atoms with Gasteiger partial charge in [-0.15, -0.1) is 6.58 Å². The molecule has 3 unspecified atom stereocenters. The average Bonchev–Trinajstić information content (AvgIpc) is 3.57. The quantitative estimate of drug-likeness (QED) is 0.228. The number of anilines is 1. The number of likely N-dealkylation sites (tertiary alicyclic amines) is 1. The molecule has 3 aliphatic heterocycles. The van der Waals surface area contributed by atoms with Gasteiger partial charge in [0.1, 0.15) is 18.2 Å². The number of alkyl halides is 1. The second kappa shape index (κ2) is 11.7. The van der Waals surface area contributed by atoms with Gasteiger partial charge in [-0.05, 0) is 35.2 Å². The van der Waals surface area contributed by atoms with E-state index in [0.29, 0.717) is 18.5 Å². The third-order valence-electron chi connectivity index (χ3n) is 9.04. The first-order valence-corrected chi connectivity index (χ1v) is 15.1. The van der Waals surface area contributed by atoms with Crippen LogP contribution in [0, 0.1) is 17.8 Å². The smallest absolute Gasteiger partial charge is 0.312 e. The molecule has 2 amide bonds. The molecule has 2 bridgehead atoms. The topological polar surface area (TPSA) is 96.4 Å². The molecular weight excluding hydrogens is 588 g/mol. The number of nitrogens with zero attached hydrogens (tertiary/aromatic N) is 2. The van der Waals surface area contributed by atoms with Crippen LogP contribution in [0.4, 0.5) is 5.69 Å². The van der Waals surface area contributed by atoms with Crippen molar-refractivity contribution in [1.82, 2.24) is 4.90 Å². The van der Waals surface area contributed by atoms with E-state index in [1.54, 1.807) is 11.0 Å². The maximum absolute atomic E-state index is 14.8. The number of rotatable bonds is 11. The van der Waals surface area contributed by atoms with E-state index in [2.05, 4.69) is 29.1 Å². The number of ether oxygens (including phenoxy) is 2. The molecule has 3 heterocycles. The van der Waals surface area contributed by atoms with Crippen molar-refractivity contribution in [3.8, 4) is 0 Å². The standard InChI is InChI=1S/C32H37BrN2O6/c1-5-14-34(22-13-12-20-10-8-9-11-21(20)16-22)30(38)28-32-17-23(33)27(41-32)25(31(39)40-15-6-2)26(32)29(37)35(28)24(18-36)19(4)7-3/h5-6,8-13,16,19,23-28,36H,1-2,7,14-15,17-18H2,3-4H3/t19-,23?,24-,25+,26-,27+,28?,32?/m0/s1. The SMILES string of the molecule is C=CCOC(=O)[C@H]1[C@@H]2OC3(CC2Br)C(C(=O)N(CC=C)c2ccc4ccccc4c2)N([C@@H](CO)[C@@H](C)CC)C(=O)[C@H]13. The summed E-state index contributed by atoms with van der Waals surface area (Å²) >= 11 is 3.68. The summed E-state index contributed by atoms with van der Waals surface area (Å²) < 4.78 is 12.0. The molecule has 9 heteroatoms. The highest BCUT2D eigenvalue weighted by Gasteiger charge is 2.77. The van der Waals surface area contributed by atoms with Crippen molar-refractivity contribution in [3.63, 3.8) is 0 Å². The van der Waals surface area contributed by atoms with E-state index in [4.69, 9.17) is 9.47 Å². The Morgan fingerprint density at radius 1 is 1.24 bits per heavy atom. The first-order valence-electron chi connectivity index (χ1n) is 14.2. The van der Waals surface area contributed by atoms with E-state index < -0.39 is 41.6 Å².